The summed E-state index contributed by atoms with van der Waals surface area (Å²) >= 11 is 0. The van der Waals surface area contributed by atoms with E-state index in [1.165, 1.54) is 0 Å². The molecule has 0 rings (SSSR count). The zero-order valence-corrected chi connectivity index (χ0v) is 9.27. The standard InChI is InChI=1S/C7H15O2.Zr/c1-6(2,8)5-7(3,4)9;/h8-9H,1,5H2,2-4H3;/q-1;. The molecule has 0 radical (unpaired) electrons. The van der Waals surface area contributed by atoms with Crippen LogP contribution in [-0.2, 0) is 26.2 Å². The average Bonchev–Trinajstić information content (AvgIpc) is 1.14. The van der Waals surface area contributed by atoms with Crippen LogP contribution >= 0.6 is 0 Å². The minimum Gasteiger partial charge on any atom is -0.422 e. The van der Waals surface area contributed by atoms with Gasteiger partial charge >= 0.3 is 0 Å². The molecular weight excluding hydrogens is 207 g/mol. The van der Waals surface area contributed by atoms with Crippen LogP contribution in [0.15, 0.2) is 0 Å². The summed E-state index contributed by atoms with van der Waals surface area (Å²) in [4.78, 5) is 0. The SMILES string of the molecule is [CH2-]C(C)(O)CC(C)(C)O.[Zr]. The summed E-state index contributed by atoms with van der Waals surface area (Å²) in [6, 6.07) is 0. The van der Waals surface area contributed by atoms with Crippen molar-refractivity contribution in [2.24, 2.45) is 0 Å². The van der Waals surface area contributed by atoms with Gasteiger partial charge in [0, 0.05) is 26.2 Å². The number of aliphatic hydroxyl groups is 2. The molecule has 0 amide bonds. The molecule has 2 nitrogen and oxygen atoms in total. The number of hydrogen-bond acceptors (Lipinski definition) is 2. The molecule has 1 atom stereocenters. The van der Waals surface area contributed by atoms with Crippen LogP contribution in [0.5, 0.6) is 0 Å². The molecule has 0 saturated carbocycles. The molecule has 0 aliphatic carbocycles. The van der Waals surface area contributed by atoms with Crippen LogP contribution in [-0.4, -0.2) is 21.4 Å². The Kier molecular flexibility index (Phi) is 5.34. The van der Waals surface area contributed by atoms with E-state index in [0.29, 0.717) is 6.42 Å². The monoisotopic (exact) mass is 221 g/mol. The van der Waals surface area contributed by atoms with Gasteiger partial charge in [0.15, 0.2) is 0 Å². The molecule has 0 aromatic heterocycles. The molecule has 3 heteroatoms. The first-order chi connectivity index (χ1) is 3.71. The Hall–Kier alpha value is 0.803. The van der Waals surface area contributed by atoms with Gasteiger partial charge in [-0.2, -0.15) is 0 Å². The van der Waals surface area contributed by atoms with Gasteiger partial charge in [-0.05, 0) is 20.3 Å². The Balaban J connectivity index is 0. The van der Waals surface area contributed by atoms with Crippen molar-refractivity contribution in [1.29, 1.82) is 0 Å². The Morgan fingerprint density at radius 1 is 1.20 bits per heavy atom. The van der Waals surface area contributed by atoms with Gasteiger partial charge in [-0.15, -0.1) is 0 Å². The molecule has 0 heterocycles. The summed E-state index contributed by atoms with van der Waals surface area (Å²) in [5.74, 6) is 0. The molecule has 2 N–H and O–H groups in total. The molecule has 1 unspecified atom stereocenters. The molecule has 0 aromatic rings. The van der Waals surface area contributed by atoms with Crippen LogP contribution in [0, 0.1) is 6.92 Å². The fourth-order valence-electron chi connectivity index (χ4n) is 0.932. The summed E-state index contributed by atoms with van der Waals surface area (Å²) in [6.07, 6.45) is 0.292. The van der Waals surface area contributed by atoms with E-state index >= 15 is 0 Å². The van der Waals surface area contributed by atoms with Gasteiger partial charge in [0.25, 0.3) is 0 Å². The van der Waals surface area contributed by atoms with E-state index in [-0.39, 0.29) is 26.2 Å². The topological polar surface area (TPSA) is 40.5 Å². The first-order valence-corrected chi connectivity index (χ1v) is 3.01. The van der Waals surface area contributed by atoms with Crippen molar-refractivity contribution < 1.29 is 36.4 Å². The van der Waals surface area contributed by atoms with Crippen LogP contribution in [0.25, 0.3) is 0 Å². The van der Waals surface area contributed by atoms with Crippen molar-refractivity contribution in [1.82, 2.24) is 0 Å². The van der Waals surface area contributed by atoms with Gasteiger partial charge in [-0.3, -0.25) is 0 Å². The van der Waals surface area contributed by atoms with Crippen LogP contribution in [0.3, 0.4) is 0 Å². The fraction of sp³-hybridized carbons (Fsp3) is 0.857. The third-order valence-electron chi connectivity index (χ3n) is 0.813. The first-order valence-electron chi connectivity index (χ1n) is 3.01. The Labute approximate surface area is 81.8 Å². The zero-order chi connectivity index (χ0) is 7.71. The Morgan fingerprint density at radius 2 is 1.50 bits per heavy atom. The van der Waals surface area contributed by atoms with Crippen molar-refractivity contribution in [3.63, 3.8) is 0 Å². The Bertz CT molecular complexity index is 76.8. The van der Waals surface area contributed by atoms with E-state index in [1.54, 1.807) is 20.8 Å². The maximum absolute atomic E-state index is 9.15. The van der Waals surface area contributed by atoms with E-state index in [1.807, 2.05) is 0 Å². The number of hydrogen-bond donors (Lipinski definition) is 2. The molecular formula is C7H15O2Zr-. The first kappa shape index (κ1) is 13.4. The molecule has 10 heavy (non-hydrogen) atoms. The third kappa shape index (κ3) is 11.6. The minimum absolute atomic E-state index is 0. The largest absolute Gasteiger partial charge is 0.422 e. The fourth-order valence-corrected chi connectivity index (χ4v) is 0.932. The maximum Gasteiger partial charge on any atom is 0.0592 e. The normalized spacial score (nSPS) is 17.4. The van der Waals surface area contributed by atoms with E-state index < -0.39 is 11.2 Å². The van der Waals surface area contributed by atoms with Crippen LogP contribution in [0.4, 0.5) is 0 Å². The van der Waals surface area contributed by atoms with Gasteiger partial charge in [0.05, 0.1) is 5.60 Å². The van der Waals surface area contributed by atoms with E-state index in [0.717, 1.165) is 0 Å². The van der Waals surface area contributed by atoms with E-state index in [4.69, 9.17) is 10.2 Å². The second kappa shape index (κ2) is 3.99. The van der Waals surface area contributed by atoms with Gasteiger partial charge in [-0.25, -0.2) is 0 Å². The molecule has 60 valence electrons. The second-order valence-corrected chi connectivity index (χ2v) is 3.49. The quantitative estimate of drug-likeness (QED) is 0.676. The summed E-state index contributed by atoms with van der Waals surface area (Å²) in [6.45, 7) is 8.32. The minimum atomic E-state index is -1.02. The Morgan fingerprint density at radius 3 is 1.50 bits per heavy atom. The summed E-state index contributed by atoms with van der Waals surface area (Å²) in [5.41, 5.74) is -1.84. The van der Waals surface area contributed by atoms with Crippen molar-refractivity contribution in [3.8, 4) is 0 Å². The molecule has 0 aliphatic rings. The van der Waals surface area contributed by atoms with Gasteiger partial charge in [-0.1, -0.05) is 12.5 Å². The molecule has 0 saturated heterocycles. The zero-order valence-electron chi connectivity index (χ0n) is 6.81. The van der Waals surface area contributed by atoms with Crippen molar-refractivity contribution in [2.75, 3.05) is 0 Å². The molecule has 0 bridgehead atoms. The van der Waals surface area contributed by atoms with E-state index in [2.05, 4.69) is 6.92 Å². The smallest absolute Gasteiger partial charge is 0.0592 e. The molecule has 0 aromatic carbocycles. The van der Waals surface area contributed by atoms with Crippen molar-refractivity contribution in [3.05, 3.63) is 6.92 Å². The summed E-state index contributed by atoms with van der Waals surface area (Å²) < 4.78 is 0. The predicted octanol–water partition coefficient (Wildman–Crippen LogP) is 0.730. The van der Waals surface area contributed by atoms with E-state index in [9.17, 15) is 0 Å². The maximum atomic E-state index is 9.15. The van der Waals surface area contributed by atoms with Crippen LogP contribution in [0.2, 0.25) is 0 Å². The van der Waals surface area contributed by atoms with Crippen LogP contribution in [0.1, 0.15) is 27.2 Å². The second-order valence-electron chi connectivity index (χ2n) is 3.49. The summed E-state index contributed by atoms with van der Waals surface area (Å²) in [5, 5.41) is 18.2. The molecule has 0 aliphatic heterocycles. The molecule has 0 spiro atoms. The number of rotatable bonds is 2. The predicted molar refractivity (Wildman–Crippen MR) is 36.9 cm³/mol. The van der Waals surface area contributed by atoms with Gasteiger partial charge in [0.2, 0.25) is 0 Å². The third-order valence-corrected chi connectivity index (χ3v) is 0.813. The van der Waals surface area contributed by atoms with Gasteiger partial charge < -0.3 is 17.1 Å². The molecule has 0 fully saturated rings. The summed E-state index contributed by atoms with van der Waals surface area (Å²) in [7, 11) is 0. The van der Waals surface area contributed by atoms with Crippen molar-refractivity contribution in [2.45, 2.75) is 38.4 Å². The van der Waals surface area contributed by atoms with Crippen LogP contribution < -0.4 is 0 Å². The van der Waals surface area contributed by atoms with Crippen molar-refractivity contribution >= 4 is 0 Å². The average molecular weight is 222 g/mol. The van der Waals surface area contributed by atoms with Gasteiger partial charge in [0.1, 0.15) is 0 Å².